The minimum absolute atomic E-state index is 1.14. The Morgan fingerprint density at radius 3 is 2.65 bits per heavy atom. The van der Waals surface area contributed by atoms with Crippen molar-refractivity contribution < 1.29 is 0 Å². The van der Waals surface area contributed by atoms with Crippen LogP contribution in [0.15, 0.2) is 66.3 Å². The fourth-order valence-electron chi connectivity index (χ4n) is 2.48. The highest BCUT2D eigenvalue weighted by atomic mass is 14.1. The summed E-state index contributed by atoms with van der Waals surface area (Å²) in [6, 6.07) is 15.3. The second-order valence-electron chi connectivity index (χ2n) is 4.60. The normalized spacial score (nSPS) is 14.2. The molecule has 0 bridgehead atoms. The Morgan fingerprint density at radius 2 is 1.76 bits per heavy atom. The SMILES string of the molecule is C1=CCC(CCc2cccc3ccccc23)=C1. The van der Waals surface area contributed by atoms with Gasteiger partial charge in [0.15, 0.2) is 0 Å². The van der Waals surface area contributed by atoms with Crippen molar-refractivity contribution in [2.24, 2.45) is 0 Å². The molecule has 2 aromatic carbocycles. The van der Waals surface area contributed by atoms with Crippen LogP contribution >= 0.6 is 0 Å². The molecule has 3 rings (SSSR count). The van der Waals surface area contributed by atoms with Crippen molar-refractivity contribution in [3.8, 4) is 0 Å². The van der Waals surface area contributed by atoms with Gasteiger partial charge in [-0.05, 0) is 35.6 Å². The molecule has 0 spiro atoms. The van der Waals surface area contributed by atoms with Gasteiger partial charge in [0.1, 0.15) is 0 Å². The van der Waals surface area contributed by atoms with Crippen LogP contribution in [0, 0.1) is 0 Å². The van der Waals surface area contributed by atoms with Crippen LogP contribution in [0.3, 0.4) is 0 Å². The first-order chi connectivity index (χ1) is 8.43. The third kappa shape index (κ3) is 2.16. The molecule has 0 heterocycles. The predicted octanol–water partition coefficient (Wildman–Crippen LogP) is 4.66. The summed E-state index contributed by atoms with van der Waals surface area (Å²) in [6.45, 7) is 0. The van der Waals surface area contributed by atoms with E-state index in [4.69, 9.17) is 0 Å². The Kier molecular flexibility index (Phi) is 2.79. The van der Waals surface area contributed by atoms with Crippen LogP contribution in [0.4, 0.5) is 0 Å². The summed E-state index contributed by atoms with van der Waals surface area (Å²) >= 11 is 0. The maximum Gasteiger partial charge on any atom is -0.0132 e. The number of allylic oxidation sites excluding steroid dienone is 4. The number of hydrogen-bond donors (Lipinski definition) is 0. The highest BCUT2D eigenvalue weighted by Gasteiger charge is 2.03. The monoisotopic (exact) mass is 220 g/mol. The molecule has 0 saturated heterocycles. The lowest BCUT2D eigenvalue weighted by Gasteiger charge is -2.07. The van der Waals surface area contributed by atoms with Gasteiger partial charge in [0.05, 0.1) is 0 Å². The molecule has 0 nitrogen and oxygen atoms in total. The first-order valence-electron chi connectivity index (χ1n) is 6.25. The largest absolute Gasteiger partial charge is 0.0805 e. The Hall–Kier alpha value is -1.82. The van der Waals surface area contributed by atoms with Gasteiger partial charge >= 0.3 is 0 Å². The lowest BCUT2D eigenvalue weighted by molar-refractivity contribution is 0.926. The van der Waals surface area contributed by atoms with Gasteiger partial charge in [-0.1, -0.05) is 66.3 Å². The molecule has 0 radical (unpaired) electrons. The van der Waals surface area contributed by atoms with Gasteiger partial charge in [-0.2, -0.15) is 0 Å². The number of benzene rings is 2. The summed E-state index contributed by atoms with van der Waals surface area (Å²) in [5.74, 6) is 0. The van der Waals surface area contributed by atoms with Gasteiger partial charge in [0.2, 0.25) is 0 Å². The van der Waals surface area contributed by atoms with E-state index in [0.29, 0.717) is 0 Å². The third-order valence-corrected chi connectivity index (χ3v) is 3.44. The molecule has 0 aliphatic heterocycles. The molecule has 0 saturated carbocycles. The fourth-order valence-corrected chi connectivity index (χ4v) is 2.48. The number of hydrogen-bond acceptors (Lipinski definition) is 0. The van der Waals surface area contributed by atoms with Gasteiger partial charge < -0.3 is 0 Å². The Labute approximate surface area is 102 Å². The zero-order valence-electron chi connectivity index (χ0n) is 9.89. The topological polar surface area (TPSA) is 0 Å². The van der Waals surface area contributed by atoms with Gasteiger partial charge in [-0.15, -0.1) is 0 Å². The van der Waals surface area contributed by atoms with E-state index in [9.17, 15) is 0 Å². The van der Waals surface area contributed by atoms with Crippen LogP contribution in [0.5, 0.6) is 0 Å². The molecule has 0 aromatic heterocycles. The molecule has 1 aliphatic carbocycles. The van der Waals surface area contributed by atoms with Crippen molar-refractivity contribution in [1.29, 1.82) is 0 Å². The molecule has 0 atom stereocenters. The van der Waals surface area contributed by atoms with E-state index < -0.39 is 0 Å². The van der Waals surface area contributed by atoms with E-state index >= 15 is 0 Å². The summed E-state index contributed by atoms with van der Waals surface area (Å²) in [6.07, 6.45) is 10.1. The minimum Gasteiger partial charge on any atom is -0.0805 e. The van der Waals surface area contributed by atoms with Crippen molar-refractivity contribution in [3.63, 3.8) is 0 Å². The molecule has 0 fully saturated rings. The van der Waals surface area contributed by atoms with Gasteiger partial charge in [0.25, 0.3) is 0 Å². The number of rotatable bonds is 3. The van der Waals surface area contributed by atoms with E-state index in [2.05, 4.69) is 60.7 Å². The number of fused-ring (bicyclic) bond motifs is 1. The van der Waals surface area contributed by atoms with Crippen molar-refractivity contribution in [2.45, 2.75) is 19.3 Å². The van der Waals surface area contributed by atoms with Crippen LogP contribution in [-0.2, 0) is 6.42 Å². The van der Waals surface area contributed by atoms with Crippen LogP contribution < -0.4 is 0 Å². The second kappa shape index (κ2) is 4.58. The van der Waals surface area contributed by atoms with Gasteiger partial charge in [-0.25, -0.2) is 0 Å². The van der Waals surface area contributed by atoms with E-state index in [0.717, 1.165) is 12.8 Å². The first kappa shape index (κ1) is 10.3. The highest BCUT2D eigenvalue weighted by Crippen LogP contribution is 2.23. The standard InChI is InChI=1S/C17H16/c1-2-7-14(6-1)12-13-16-10-5-9-15-8-3-4-11-17(15)16/h1-6,8-11H,7,12-13H2. The molecule has 1 aliphatic rings. The average Bonchev–Trinajstić information content (AvgIpc) is 2.89. The zero-order chi connectivity index (χ0) is 11.5. The summed E-state index contributed by atoms with van der Waals surface area (Å²) in [5.41, 5.74) is 3.02. The zero-order valence-corrected chi connectivity index (χ0v) is 9.89. The summed E-state index contributed by atoms with van der Waals surface area (Å²) < 4.78 is 0. The molecule has 2 aromatic rings. The van der Waals surface area contributed by atoms with Gasteiger partial charge in [-0.3, -0.25) is 0 Å². The third-order valence-electron chi connectivity index (χ3n) is 3.44. The molecule has 84 valence electrons. The van der Waals surface area contributed by atoms with Crippen molar-refractivity contribution in [1.82, 2.24) is 0 Å². The highest BCUT2D eigenvalue weighted by molar-refractivity contribution is 5.85. The van der Waals surface area contributed by atoms with Gasteiger partial charge in [0, 0.05) is 0 Å². The summed E-state index contributed by atoms with van der Waals surface area (Å²) in [4.78, 5) is 0. The lowest BCUT2D eigenvalue weighted by Crippen LogP contribution is -1.89. The molecule has 0 amide bonds. The average molecular weight is 220 g/mol. The Morgan fingerprint density at radius 1 is 0.882 bits per heavy atom. The Balaban J connectivity index is 1.85. The summed E-state index contributed by atoms with van der Waals surface area (Å²) in [7, 11) is 0. The molecule has 0 unspecified atom stereocenters. The van der Waals surface area contributed by atoms with E-state index in [1.807, 2.05) is 0 Å². The molecule has 17 heavy (non-hydrogen) atoms. The van der Waals surface area contributed by atoms with Crippen molar-refractivity contribution in [2.75, 3.05) is 0 Å². The molecule has 0 N–H and O–H groups in total. The first-order valence-corrected chi connectivity index (χ1v) is 6.25. The van der Waals surface area contributed by atoms with Crippen LogP contribution in [-0.4, -0.2) is 0 Å². The van der Waals surface area contributed by atoms with Crippen molar-refractivity contribution >= 4 is 10.8 Å². The smallest absolute Gasteiger partial charge is 0.0132 e. The van der Waals surface area contributed by atoms with Crippen LogP contribution in [0.25, 0.3) is 10.8 Å². The summed E-state index contributed by atoms with van der Waals surface area (Å²) in [5, 5.41) is 2.75. The minimum atomic E-state index is 1.14. The van der Waals surface area contributed by atoms with E-state index in [1.165, 1.54) is 22.8 Å². The predicted molar refractivity (Wildman–Crippen MR) is 74.1 cm³/mol. The number of aryl methyl sites for hydroxylation is 1. The second-order valence-corrected chi connectivity index (χ2v) is 4.60. The lowest BCUT2D eigenvalue weighted by atomic mass is 9.98. The van der Waals surface area contributed by atoms with E-state index in [1.54, 1.807) is 5.57 Å². The molecule has 0 heteroatoms. The molecular weight excluding hydrogens is 204 g/mol. The fraction of sp³-hybridized carbons (Fsp3) is 0.176. The van der Waals surface area contributed by atoms with Crippen molar-refractivity contribution in [3.05, 3.63) is 71.8 Å². The maximum absolute atomic E-state index is 2.26. The van der Waals surface area contributed by atoms with Crippen LogP contribution in [0.2, 0.25) is 0 Å². The maximum atomic E-state index is 2.26. The molecular formula is C17H16. The van der Waals surface area contributed by atoms with E-state index in [-0.39, 0.29) is 0 Å². The quantitative estimate of drug-likeness (QED) is 0.705. The van der Waals surface area contributed by atoms with Crippen LogP contribution in [0.1, 0.15) is 18.4 Å². The Bertz CT molecular complexity index is 583.